The van der Waals surface area contributed by atoms with Crippen molar-refractivity contribution in [2.45, 2.75) is 25.2 Å². The number of carbonyl (C=O) groups is 2. The van der Waals surface area contributed by atoms with E-state index < -0.39 is 42.6 Å². The van der Waals surface area contributed by atoms with Crippen molar-refractivity contribution in [3.63, 3.8) is 0 Å². The average molecular weight is 302 g/mol. The van der Waals surface area contributed by atoms with Gasteiger partial charge in [0.2, 0.25) is 5.76 Å². The SMILES string of the molecule is COC(=O)/C=C(/OCC(F)(F)CC(C)(F)F)C(=O)OC. The lowest BCUT2D eigenvalue weighted by atomic mass is 10.1. The van der Waals surface area contributed by atoms with E-state index in [1.807, 2.05) is 0 Å². The highest BCUT2D eigenvalue weighted by Gasteiger charge is 2.41. The fraction of sp³-hybridized carbons (Fsp3) is 0.636. The third kappa shape index (κ3) is 7.59. The number of hydrogen-bond acceptors (Lipinski definition) is 5. The van der Waals surface area contributed by atoms with E-state index in [1.54, 1.807) is 0 Å². The molecule has 0 amide bonds. The Kier molecular flexibility index (Phi) is 6.47. The maximum Gasteiger partial charge on any atom is 0.373 e. The van der Waals surface area contributed by atoms with Gasteiger partial charge in [-0.05, 0) is 6.92 Å². The Hall–Kier alpha value is -1.80. The molecule has 0 aromatic carbocycles. The number of methoxy groups -OCH3 is 2. The van der Waals surface area contributed by atoms with Gasteiger partial charge >= 0.3 is 11.9 Å². The van der Waals surface area contributed by atoms with Gasteiger partial charge < -0.3 is 14.2 Å². The van der Waals surface area contributed by atoms with E-state index in [1.165, 1.54) is 0 Å². The molecule has 0 spiro atoms. The van der Waals surface area contributed by atoms with Crippen LogP contribution in [0, 0.1) is 0 Å². The van der Waals surface area contributed by atoms with Gasteiger partial charge in [0.15, 0.2) is 6.61 Å². The van der Waals surface area contributed by atoms with Crippen LogP contribution in [0.3, 0.4) is 0 Å². The van der Waals surface area contributed by atoms with Crippen LogP contribution in [0.4, 0.5) is 17.6 Å². The number of rotatable bonds is 7. The highest BCUT2D eigenvalue weighted by molar-refractivity contribution is 5.94. The molecule has 0 unspecified atom stereocenters. The minimum Gasteiger partial charge on any atom is -0.480 e. The molecule has 9 heteroatoms. The Bertz CT molecular complexity index is 387. The van der Waals surface area contributed by atoms with Crippen molar-refractivity contribution in [2.75, 3.05) is 20.8 Å². The van der Waals surface area contributed by atoms with Crippen LogP contribution in [0.1, 0.15) is 13.3 Å². The van der Waals surface area contributed by atoms with E-state index in [2.05, 4.69) is 14.2 Å². The summed E-state index contributed by atoms with van der Waals surface area (Å²) in [4.78, 5) is 22.1. The van der Waals surface area contributed by atoms with E-state index in [9.17, 15) is 27.2 Å². The van der Waals surface area contributed by atoms with E-state index in [-0.39, 0.29) is 0 Å². The van der Waals surface area contributed by atoms with Gasteiger partial charge in [-0.1, -0.05) is 0 Å². The van der Waals surface area contributed by atoms with E-state index >= 15 is 0 Å². The Labute approximate surface area is 112 Å². The monoisotopic (exact) mass is 302 g/mol. The Morgan fingerprint density at radius 1 is 1.10 bits per heavy atom. The summed E-state index contributed by atoms with van der Waals surface area (Å²) in [6.45, 7) is -1.18. The zero-order chi connectivity index (χ0) is 16.0. The van der Waals surface area contributed by atoms with Crippen molar-refractivity contribution in [1.82, 2.24) is 0 Å². The van der Waals surface area contributed by atoms with Gasteiger partial charge in [-0.15, -0.1) is 0 Å². The van der Waals surface area contributed by atoms with Crippen molar-refractivity contribution >= 4 is 11.9 Å². The molecule has 116 valence electrons. The summed E-state index contributed by atoms with van der Waals surface area (Å²) in [7, 11) is 1.91. The molecule has 0 heterocycles. The molecule has 0 atom stereocenters. The Morgan fingerprint density at radius 2 is 1.65 bits per heavy atom. The number of carbonyl (C=O) groups excluding carboxylic acids is 2. The van der Waals surface area contributed by atoms with Crippen LogP contribution in [0.25, 0.3) is 0 Å². The van der Waals surface area contributed by atoms with Gasteiger partial charge in [0.1, 0.15) is 0 Å². The molecule has 0 aromatic rings. The largest absolute Gasteiger partial charge is 0.480 e. The molecular formula is C11H14F4O5. The minimum atomic E-state index is -3.89. The fourth-order valence-corrected chi connectivity index (χ4v) is 1.11. The van der Waals surface area contributed by atoms with Crippen LogP contribution in [-0.4, -0.2) is 44.6 Å². The first kappa shape index (κ1) is 18.2. The van der Waals surface area contributed by atoms with Crippen LogP contribution in [-0.2, 0) is 23.8 Å². The highest BCUT2D eigenvalue weighted by Crippen LogP contribution is 2.30. The first-order valence-corrected chi connectivity index (χ1v) is 5.27. The third-order valence-electron chi connectivity index (χ3n) is 1.84. The summed E-state index contributed by atoms with van der Waals surface area (Å²) in [5, 5.41) is 0. The predicted molar refractivity (Wildman–Crippen MR) is 58.3 cm³/mol. The van der Waals surface area contributed by atoms with Gasteiger partial charge in [0.05, 0.1) is 26.7 Å². The quantitative estimate of drug-likeness (QED) is 0.311. The molecule has 0 rings (SSSR count). The molecule has 0 aromatic heterocycles. The maximum atomic E-state index is 13.2. The second-order valence-corrected chi connectivity index (χ2v) is 3.91. The smallest absolute Gasteiger partial charge is 0.373 e. The van der Waals surface area contributed by atoms with Crippen molar-refractivity contribution in [2.24, 2.45) is 0 Å². The summed E-state index contributed by atoms with van der Waals surface area (Å²) in [6.07, 6.45) is -1.28. The van der Waals surface area contributed by atoms with Crippen LogP contribution >= 0.6 is 0 Å². The number of alkyl halides is 4. The van der Waals surface area contributed by atoms with Crippen molar-refractivity contribution in [3.05, 3.63) is 11.8 Å². The molecule has 0 radical (unpaired) electrons. The van der Waals surface area contributed by atoms with E-state index in [0.29, 0.717) is 13.0 Å². The van der Waals surface area contributed by atoms with Gasteiger partial charge in [-0.2, -0.15) is 0 Å². The highest BCUT2D eigenvalue weighted by atomic mass is 19.3. The van der Waals surface area contributed by atoms with E-state index in [4.69, 9.17) is 0 Å². The molecule has 0 aliphatic heterocycles. The van der Waals surface area contributed by atoms with Gasteiger partial charge in [-0.3, -0.25) is 0 Å². The van der Waals surface area contributed by atoms with E-state index in [0.717, 1.165) is 14.2 Å². The average Bonchev–Trinajstić information content (AvgIpc) is 2.30. The lowest BCUT2D eigenvalue weighted by Gasteiger charge is -2.20. The first-order valence-electron chi connectivity index (χ1n) is 5.27. The van der Waals surface area contributed by atoms with Crippen molar-refractivity contribution in [1.29, 1.82) is 0 Å². The summed E-state index contributed by atoms with van der Waals surface area (Å²) in [6, 6.07) is 0. The Balaban J connectivity index is 4.81. The fourth-order valence-electron chi connectivity index (χ4n) is 1.11. The van der Waals surface area contributed by atoms with Crippen molar-refractivity contribution < 1.29 is 41.4 Å². The molecular weight excluding hydrogens is 288 g/mol. The molecule has 0 saturated heterocycles. The zero-order valence-electron chi connectivity index (χ0n) is 11.0. The Morgan fingerprint density at radius 3 is 2.05 bits per heavy atom. The summed E-state index contributed by atoms with van der Waals surface area (Å²) >= 11 is 0. The summed E-state index contributed by atoms with van der Waals surface area (Å²) in [5.74, 6) is -10.6. The number of ether oxygens (including phenoxy) is 3. The molecule has 20 heavy (non-hydrogen) atoms. The molecule has 0 fully saturated rings. The lowest BCUT2D eigenvalue weighted by Crippen LogP contribution is -2.32. The second kappa shape index (κ2) is 7.11. The molecule has 0 N–H and O–H groups in total. The van der Waals surface area contributed by atoms with Gasteiger partial charge in [-0.25, -0.2) is 27.2 Å². The molecule has 5 nitrogen and oxygen atoms in total. The molecule has 0 aliphatic rings. The number of esters is 2. The number of hydrogen-bond donors (Lipinski definition) is 0. The standard InChI is InChI=1S/C11H14F4O5/c1-10(12,13)5-11(14,15)6-20-7(9(17)19-3)4-8(16)18-2/h4H,5-6H2,1-3H3/b7-4+. The topological polar surface area (TPSA) is 61.8 Å². The second-order valence-electron chi connectivity index (χ2n) is 3.91. The molecule has 0 aliphatic carbocycles. The first-order chi connectivity index (χ1) is 9.00. The lowest BCUT2D eigenvalue weighted by molar-refractivity contribution is -0.149. The number of halogens is 4. The molecule has 0 saturated carbocycles. The summed E-state index contributed by atoms with van der Waals surface area (Å²) in [5.41, 5.74) is 0. The van der Waals surface area contributed by atoms with Gasteiger partial charge in [0.25, 0.3) is 11.8 Å². The summed E-state index contributed by atoms with van der Waals surface area (Å²) < 4.78 is 64.1. The van der Waals surface area contributed by atoms with Crippen molar-refractivity contribution in [3.8, 4) is 0 Å². The minimum absolute atomic E-state index is 0.326. The maximum absolute atomic E-state index is 13.2. The molecule has 0 bridgehead atoms. The van der Waals surface area contributed by atoms with Crippen LogP contribution in [0.2, 0.25) is 0 Å². The van der Waals surface area contributed by atoms with Gasteiger partial charge in [0, 0.05) is 0 Å². The zero-order valence-corrected chi connectivity index (χ0v) is 11.0. The van der Waals surface area contributed by atoms with Crippen LogP contribution < -0.4 is 0 Å². The van der Waals surface area contributed by atoms with Crippen LogP contribution in [0.15, 0.2) is 11.8 Å². The van der Waals surface area contributed by atoms with Crippen LogP contribution in [0.5, 0.6) is 0 Å². The normalized spacial score (nSPS) is 12.8. The third-order valence-corrected chi connectivity index (χ3v) is 1.84. The predicted octanol–water partition coefficient (Wildman–Crippen LogP) is 1.91.